The van der Waals surface area contributed by atoms with Crippen LogP contribution in [0.5, 0.6) is 0 Å². The highest BCUT2D eigenvalue weighted by atomic mass is 35.5. The Morgan fingerprint density at radius 2 is 1.76 bits per heavy atom. The summed E-state index contributed by atoms with van der Waals surface area (Å²) in [6, 6.07) is 9.78. The van der Waals surface area contributed by atoms with Gasteiger partial charge in [-0.05, 0) is 61.7 Å². The van der Waals surface area contributed by atoms with E-state index in [9.17, 15) is 18.0 Å². The number of sulfone groups is 1. The number of amides is 2. The third-order valence-electron chi connectivity index (χ3n) is 4.61. The van der Waals surface area contributed by atoms with Crippen molar-refractivity contribution in [2.75, 3.05) is 13.2 Å². The van der Waals surface area contributed by atoms with Gasteiger partial charge in [-0.2, -0.15) is 0 Å². The Labute approximate surface area is 198 Å². The van der Waals surface area contributed by atoms with Crippen molar-refractivity contribution in [2.24, 2.45) is 5.73 Å². The summed E-state index contributed by atoms with van der Waals surface area (Å²) in [5, 5.41) is 12.1. The summed E-state index contributed by atoms with van der Waals surface area (Å²) in [5.41, 5.74) is 6.77. The number of fused-ring (bicyclic) bond motifs is 1. The predicted octanol–water partition coefficient (Wildman–Crippen LogP) is 3.26. The van der Waals surface area contributed by atoms with E-state index in [-0.39, 0.29) is 34.5 Å². The predicted molar refractivity (Wildman–Crippen MR) is 128 cm³/mol. The van der Waals surface area contributed by atoms with Gasteiger partial charge in [0.05, 0.1) is 11.5 Å². The van der Waals surface area contributed by atoms with E-state index in [0.29, 0.717) is 22.3 Å². The fourth-order valence-electron chi connectivity index (χ4n) is 3.29. The van der Waals surface area contributed by atoms with Gasteiger partial charge in [0.1, 0.15) is 10.6 Å². The minimum absolute atomic E-state index is 0.0119. The van der Waals surface area contributed by atoms with Gasteiger partial charge in [0.25, 0.3) is 5.91 Å². The van der Waals surface area contributed by atoms with Crippen molar-refractivity contribution in [1.29, 1.82) is 0 Å². The number of nitrogens with one attached hydrogen (secondary N) is 2. The molecular formula is C23H28ClN3O5S. The Kier molecular flexibility index (Phi) is 9.04. The maximum absolute atomic E-state index is 13.4. The number of hydrogen-bond acceptors (Lipinski definition) is 5. The van der Waals surface area contributed by atoms with Crippen molar-refractivity contribution < 1.29 is 23.1 Å². The number of rotatable bonds is 7. The van der Waals surface area contributed by atoms with E-state index >= 15 is 0 Å². The second-order valence-electron chi connectivity index (χ2n) is 7.54. The molecule has 2 aromatic carbocycles. The van der Waals surface area contributed by atoms with Gasteiger partial charge in [-0.15, -0.1) is 0 Å². The minimum Gasteiger partial charge on any atom is -0.395 e. The Balaban J connectivity index is 0.000000569. The molecule has 1 heterocycles. The first kappa shape index (κ1) is 26.4. The van der Waals surface area contributed by atoms with Crippen molar-refractivity contribution in [3.05, 3.63) is 58.2 Å². The molecule has 0 atom stereocenters. The van der Waals surface area contributed by atoms with Gasteiger partial charge < -0.3 is 21.1 Å². The number of H-pyrrole nitrogens is 1. The molecular weight excluding hydrogens is 466 g/mol. The summed E-state index contributed by atoms with van der Waals surface area (Å²) in [4.78, 5) is 25.2. The molecule has 0 spiro atoms. The highest BCUT2D eigenvalue weighted by molar-refractivity contribution is 7.91. The molecule has 0 unspecified atom stereocenters. The number of hydrogen-bond donors (Lipinski definition) is 4. The molecule has 33 heavy (non-hydrogen) atoms. The third kappa shape index (κ3) is 6.56. The van der Waals surface area contributed by atoms with Crippen LogP contribution in [0.25, 0.3) is 10.9 Å². The van der Waals surface area contributed by atoms with Crippen molar-refractivity contribution in [2.45, 2.75) is 43.4 Å². The topological polar surface area (TPSA) is 142 Å². The number of carbonyl (C=O) groups excluding carboxylic acids is 2. The molecule has 3 rings (SSSR count). The lowest BCUT2D eigenvalue weighted by molar-refractivity contribution is -0.118. The number of aliphatic hydroxyl groups is 1. The van der Waals surface area contributed by atoms with Crippen LogP contribution in [-0.4, -0.2) is 43.5 Å². The van der Waals surface area contributed by atoms with Crippen LogP contribution in [-0.2, 0) is 14.6 Å². The lowest BCUT2D eigenvalue weighted by Gasteiger charge is -2.09. The van der Waals surface area contributed by atoms with E-state index < -0.39 is 15.7 Å². The molecule has 0 saturated carbocycles. The number of aliphatic hydroxyl groups excluding tert-OH is 1. The standard InChI is InChI=1S/C19H19ClN2O4S.C4H9NO/c1-11-7-12(2)9-14(8-11)27(25,26)18-15-10-13(20)3-4-16(15)22-17(18)19(24)21-5-6-23;1-2-3-4(5)6/h3-4,7-10,22-23H,5-6H2,1-2H3,(H,21,24);2-3H2,1H3,(H2,5,6). The van der Waals surface area contributed by atoms with Crippen LogP contribution in [0, 0.1) is 13.8 Å². The molecule has 0 aliphatic heterocycles. The Bertz CT molecular complexity index is 1250. The quantitative estimate of drug-likeness (QED) is 0.399. The smallest absolute Gasteiger partial charge is 0.269 e. The van der Waals surface area contributed by atoms with Crippen LogP contribution in [0.2, 0.25) is 5.02 Å². The number of benzene rings is 2. The molecule has 0 saturated heterocycles. The van der Waals surface area contributed by atoms with E-state index in [2.05, 4.69) is 10.3 Å². The zero-order valence-electron chi connectivity index (χ0n) is 18.7. The number of carbonyl (C=O) groups is 2. The summed E-state index contributed by atoms with van der Waals surface area (Å²) < 4.78 is 26.9. The Morgan fingerprint density at radius 3 is 2.27 bits per heavy atom. The molecule has 178 valence electrons. The van der Waals surface area contributed by atoms with Crippen molar-refractivity contribution >= 4 is 44.2 Å². The number of aryl methyl sites for hydroxylation is 2. The summed E-state index contributed by atoms with van der Waals surface area (Å²) in [7, 11) is -4.00. The molecule has 8 nitrogen and oxygen atoms in total. The van der Waals surface area contributed by atoms with Crippen molar-refractivity contribution in [3.63, 3.8) is 0 Å². The summed E-state index contributed by atoms with van der Waals surface area (Å²) in [6.45, 7) is 5.31. The first-order valence-corrected chi connectivity index (χ1v) is 12.2. The van der Waals surface area contributed by atoms with Crippen LogP contribution in [0.4, 0.5) is 0 Å². The van der Waals surface area contributed by atoms with Gasteiger partial charge >= 0.3 is 0 Å². The summed E-state index contributed by atoms with van der Waals surface area (Å²) >= 11 is 6.07. The molecule has 10 heteroatoms. The first-order valence-electron chi connectivity index (χ1n) is 10.3. The highest BCUT2D eigenvalue weighted by Crippen LogP contribution is 2.34. The summed E-state index contributed by atoms with van der Waals surface area (Å²) in [6.07, 6.45) is 1.37. The van der Waals surface area contributed by atoms with Gasteiger partial charge in [0.2, 0.25) is 15.7 Å². The fourth-order valence-corrected chi connectivity index (χ4v) is 5.25. The molecule has 0 aliphatic carbocycles. The minimum atomic E-state index is -4.00. The number of halogens is 1. The lowest BCUT2D eigenvalue weighted by atomic mass is 10.2. The van der Waals surface area contributed by atoms with Gasteiger partial charge in [0, 0.05) is 28.9 Å². The van der Waals surface area contributed by atoms with Crippen molar-refractivity contribution in [3.8, 4) is 0 Å². The lowest BCUT2D eigenvalue weighted by Crippen LogP contribution is -2.28. The van der Waals surface area contributed by atoms with E-state index in [1.807, 2.05) is 26.8 Å². The van der Waals surface area contributed by atoms with Gasteiger partial charge in [-0.3, -0.25) is 9.59 Å². The Hall–Kier alpha value is -2.88. The van der Waals surface area contributed by atoms with Crippen LogP contribution in [0.3, 0.4) is 0 Å². The number of aromatic nitrogens is 1. The van der Waals surface area contributed by atoms with E-state index in [1.165, 1.54) is 6.07 Å². The van der Waals surface area contributed by atoms with E-state index in [4.69, 9.17) is 22.4 Å². The molecule has 5 N–H and O–H groups in total. The molecule has 0 bridgehead atoms. The zero-order chi connectivity index (χ0) is 24.8. The molecule has 1 aromatic heterocycles. The van der Waals surface area contributed by atoms with Gasteiger partial charge in [-0.25, -0.2) is 8.42 Å². The van der Waals surface area contributed by atoms with E-state index in [1.54, 1.807) is 24.3 Å². The third-order valence-corrected chi connectivity index (χ3v) is 6.66. The SMILES string of the molecule is CCCC(N)=O.Cc1cc(C)cc(S(=O)(=O)c2c(C(=O)NCCO)[nH]c3ccc(Cl)cc23)c1. The van der Waals surface area contributed by atoms with Crippen LogP contribution < -0.4 is 11.1 Å². The first-order chi connectivity index (χ1) is 15.5. The zero-order valence-corrected chi connectivity index (χ0v) is 20.3. The fraction of sp³-hybridized carbons (Fsp3) is 0.304. The summed E-state index contributed by atoms with van der Waals surface area (Å²) in [5.74, 6) is -0.822. The van der Waals surface area contributed by atoms with Gasteiger partial charge in [-0.1, -0.05) is 24.6 Å². The van der Waals surface area contributed by atoms with Gasteiger partial charge in [0.15, 0.2) is 0 Å². The Morgan fingerprint density at radius 1 is 1.12 bits per heavy atom. The molecule has 2 amide bonds. The van der Waals surface area contributed by atoms with Crippen molar-refractivity contribution in [1.82, 2.24) is 10.3 Å². The van der Waals surface area contributed by atoms with Crippen LogP contribution >= 0.6 is 11.6 Å². The number of aromatic amines is 1. The molecule has 3 aromatic rings. The maximum Gasteiger partial charge on any atom is 0.269 e. The van der Waals surface area contributed by atoms with E-state index in [0.717, 1.165) is 17.5 Å². The highest BCUT2D eigenvalue weighted by Gasteiger charge is 2.30. The monoisotopic (exact) mass is 493 g/mol. The molecule has 0 fully saturated rings. The molecule has 0 aliphatic rings. The van der Waals surface area contributed by atoms with Crippen LogP contribution in [0.1, 0.15) is 41.4 Å². The average Bonchev–Trinajstić information content (AvgIpc) is 3.11. The number of primary amides is 1. The second kappa shape index (κ2) is 11.3. The molecule has 0 radical (unpaired) electrons. The largest absolute Gasteiger partial charge is 0.395 e. The normalized spacial score (nSPS) is 11.1. The average molecular weight is 494 g/mol. The van der Waals surface area contributed by atoms with Crippen LogP contribution in [0.15, 0.2) is 46.2 Å². The second-order valence-corrected chi connectivity index (χ2v) is 9.86. The number of nitrogens with two attached hydrogens (primary N) is 1. The maximum atomic E-state index is 13.4.